The molecular weight excluding hydrogens is 326 g/mol. The minimum Gasteiger partial charge on any atom is -0.496 e. The van der Waals surface area contributed by atoms with Crippen LogP contribution < -0.4 is 10.1 Å². The van der Waals surface area contributed by atoms with E-state index in [0.29, 0.717) is 12.3 Å². The summed E-state index contributed by atoms with van der Waals surface area (Å²) in [6, 6.07) is 5.88. The van der Waals surface area contributed by atoms with E-state index >= 15 is 0 Å². The van der Waals surface area contributed by atoms with Gasteiger partial charge < -0.3 is 10.1 Å². The fraction of sp³-hybridized carbons (Fsp3) is 0.524. The van der Waals surface area contributed by atoms with Crippen LogP contribution in [0.2, 0.25) is 0 Å². The molecular formula is C21H31N3O2. The molecule has 142 valence electrons. The molecule has 0 saturated heterocycles. The zero-order chi connectivity index (χ0) is 19.4. The molecule has 1 amide bonds. The van der Waals surface area contributed by atoms with Gasteiger partial charge in [0.1, 0.15) is 5.75 Å². The number of aryl methyl sites for hydroxylation is 2. The lowest BCUT2D eigenvalue weighted by atomic mass is 10.0. The Hall–Kier alpha value is -2.30. The van der Waals surface area contributed by atoms with Crippen LogP contribution in [0.15, 0.2) is 18.2 Å². The first-order valence-electron chi connectivity index (χ1n) is 9.19. The van der Waals surface area contributed by atoms with E-state index in [1.54, 1.807) is 7.11 Å². The molecule has 2 rings (SSSR count). The molecule has 0 fully saturated rings. The first-order chi connectivity index (χ1) is 12.2. The smallest absolute Gasteiger partial charge is 0.225 e. The Balaban J connectivity index is 2.12. The van der Waals surface area contributed by atoms with Crippen molar-refractivity contribution in [3.8, 4) is 5.75 Å². The highest BCUT2D eigenvalue weighted by molar-refractivity contribution is 5.79. The molecule has 0 saturated carbocycles. The Morgan fingerprint density at radius 1 is 1.23 bits per heavy atom. The van der Waals surface area contributed by atoms with Crippen molar-refractivity contribution < 1.29 is 9.53 Å². The number of ether oxygens (including phenoxy) is 1. The molecule has 0 aliphatic rings. The molecule has 1 aromatic carbocycles. The molecule has 1 heterocycles. The average molecular weight is 357 g/mol. The fourth-order valence-corrected chi connectivity index (χ4v) is 3.24. The minimum atomic E-state index is -0.122. The largest absolute Gasteiger partial charge is 0.496 e. The van der Waals surface area contributed by atoms with E-state index < -0.39 is 0 Å². The highest BCUT2D eigenvalue weighted by atomic mass is 16.5. The normalized spacial score (nSPS) is 12.3. The predicted octanol–water partition coefficient (Wildman–Crippen LogP) is 3.89. The van der Waals surface area contributed by atoms with Gasteiger partial charge in [-0.05, 0) is 39.7 Å². The Morgan fingerprint density at radius 2 is 1.92 bits per heavy atom. The standard InChI is InChI=1S/C21H31N3O2/c1-13(2)12-24-17(6)18(16(5)23-24)11-21(25)22-15(4)19-10-14(3)8-9-20(19)26-7/h8-10,13,15H,11-12H2,1-7H3,(H,22,25). The van der Waals surface area contributed by atoms with Gasteiger partial charge in [0.05, 0.1) is 25.3 Å². The summed E-state index contributed by atoms with van der Waals surface area (Å²) >= 11 is 0. The van der Waals surface area contributed by atoms with Crippen molar-refractivity contribution in [3.05, 3.63) is 46.3 Å². The van der Waals surface area contributed by atoms with Gasteiger partial charge in [-0.1, -0.05) is 31.5 Å². The molecule has 0 aliphatic carbocycles. The molecule has 0 bridgehead atoms. The Labute approximate surface area is 156 Å². The topological polar surface area (TPSA) is 56.1 Å². The van der Waals surface area contributed by atoms with Gasteiger partial charge in [0.15, 0.2) is 0 Å². The number of rotatable bonds is 7. The number of nitrogens with zero attached hydrogens (tertiary/aromatic N) is 2. The fourth-order valence-electron chi connectivity index (χ4n) is 3.24. The van der Waals surface area contributed by atoms with Gasteiger partial charge in [-0.15, -0.1) is 0 Å². The lowest BCUT2D eigenvalue weighted by Crippen LogP contribution is -2.28. The molecule has 0 spiro atoms. The van der Waals surface area contributed by atoms with Crippen molar-refractivity contribution in [1.82, 2.24) is 15.1 Å². The molecule has 1 aromatic heterocycles. The summed E-state index contributed by atoms with van der Waals surface area (Å²) in [5, 5.41) is 7.69. The van der Waals surface area contributed by atoms with Crippen LogP contribution in [0.25, 0.3) is 0 Å². The van der Waals surface area contributed by atoms with Crippen molar-refractivity contribution in [1.29, 1.82) is 0 Å². The van der Waals surface area contributed by atoms with Gasteiger partial charge in [-0.3, -0.25) is 9.48 Å². The van der Waals surface area contributed by atoms with Crippen LogP contribution in [0.5, 0.6) is 5.75 Å². The maximum Gasteiger partial charge on any atom is 0.225 e. The molecule has 1 N–H and O–H groups in total. The zero-order valence-corrected chi connectivity index (χ0v) is 17.0. The molecule has 0 radical (unpaired) electrons. The second-order valence-corrected chi connectivity index (χ2v) is 7.44. The number of amides is 1. The molecule has 1 atom stereocenters. The summed E-state index contributed by atoms with van der Waals surface area (Å²) in [5.41, 5.74) is 5.16. The van der Waals surface area contributed by atoms with Gasteiger partial charge in [0.25, 0.3) is 0 Å². The van der Waals surface area contributed by atoms with Crippen LogP contribution in [0.1, 0.15) is 54.9 Å². The van der Waals surface area contributed by atoms with Crippen molar-refractivity contribution in [2.24, 2.45) is 5.92 Å². The Morgan fingerprint density at radius 3 is 2.54 bits per heavy atom. The van der Waals surface area contributed by atoms with E-state index in [-0.39, 0.29) is 11.9 Å². The number of aromatic nitrogens is 2. The number of nitrogens with one attached hydrogen (secondary N) is 1. The molecule has 0 aliphatic heterocycles. The molecule has 5 nitrogen and oxygen atoms in total. The lowest BCUT2D eigenvalue weighted by molar-refractivity contribution is -0.121. The third-order valence-corrected chi connectivity index (χ3v) is 4.64. The summed E-state index contributed by atoms with van der Waals surface area (Å²) in [7, 11) is 1.65. The Bertz CT molecular complexity index is 778. The van der Waals surface area contributed by atoms with Crippen LogP contribution in [0.4, 0.5) is 0 Å². The van der Waals surface area contributed by atoms with Gasteiger partial charge in [-0.25, -0.2) is 0 Å². The number of benzene rings is 1. The number of carbonyl (C=O) groups is 1. The van der Waals surface area contributed by atoms with Crippen LogP contribution in [0, 0.1) is 26.7 Å². The monoisotopic (exact) mass is 357 g/mol. The molecule has 1 unspecified atom stereocenters. The third kappa shape index (κ3) is 4.65. The van der Waals surface area contributed by atoms with Gasteiger partial charge >= 0.3 is 0 Å². The average Bonchev–Trinajstić information content (AvgIpc) is 2.81. The van der Waals surface area contributed by atoms with Crippen molar-refractivity contribution in [2.75, 3.05) is 7.11 Å². The summed E-state index contributed by atoms with van der Waals surface area (Å²) in [6.07, 6.45) is 0.342. The highest BCUT2D eigenvalue weighted by Crippen LogP contribution is 2.26. The number of hydrogen-bond acceptors (Lipinski definition) is 3. The maximum absolute atomic E-state index is 12.6. The van der Waals surface area contributed by atoms with E-state index in [4.69, 9.17) is 4.74 Å². The first-order valence-corrected chi connectivity index (χ1v) is 9.19. The summed E-state index contributed by atoms with van der Waals surface area (Å²) in [6.45, 7) is 13.2. The third-order valence-electron chi connectivity index (χ3n) is 4.64. The van der Waals surface area contributed by atoms with Crippen LogP contribution in [-0.2, 0) is 17.8 Å². The van der Waals surface area contributed by atoms with E-state index in [1.165, 1.54) is 0 Å². The quantitative estimate of drug-likeness (QED) is 0.818. The van der Waals surface area contributed by atoms with Crippen molar-refractivity contribution >= 4 is 5.91 Å². The van der Waals surface area contributed by atoms with Crippen molar-refractivity contribution in [2.45, 2.75) is 60.5 Å². The van der Waals surface area contributed by atoms with E-state index in [1.807, 2.05) is 44.5 Å². The Kier molecular flexibility index (Phi) is 6.46. The van der Waals surface area contributed by atoms with Crippen LogP contribution in [-0.4, -0.2) is 22.8 Å². The lowest BCUT2D eigenvalue weighted by Gasteiger charge is -2.18. The number of carbonyl (C=O) groups excluding carboxylic acids is 1. The zero-order valence-electron chi connectivity index (χ0n) is 17.0. The predicted molar refractivity (Wildman–Crippen MR) is 105 cm³/mol. The van der Waals surface area contributed by atoms with E-state index in [0.717, 1.165) is 40.4 Å². The minimum absolute atomic E-state index is 0.00337. The van der Waals surface area contributed by atoms with E-state index in [9.17, 15) is 4.79 Å². The van der Waals surface area contributed by atoms with Gasteiger partial charge in [0, 0.05) is 23.4 Å². The summed E-state index contributed by atoms with van der Waals surface area (Å²) < 4.78 is 7.44. The van der Waals surface area contributed by atoms with E-state index in [2.05, 4.69) is 30.3 Å². The van der Waals surface area contributed by atoms with Crippen LogP contribution in [0.3, 0.4) is 0 Å². The number of hydrogen-bond donors (Lipinski definition) is 1. The SMILES string of the molecule is COc1ccc(C)cc1C(C)NC(=O)Cc1c(C)nn(CC(C)C)c1C. The van der Waals surface area contributed by atoms with Gasteiger partial charge in [-0.2, -0.15) is 5.10 Å². The van der Waals surface area contributed by atoms with Crippen molar-refractivity contribution in [3.63, 3.8) is 0 Å². The molecule has 5 heteroatoms. The van der Waals surface area contributed by atoms with Crippen LogP contribution >= 0.6 is 0 Å². The first kappa shape index (κ1) is 20.0. The maximum atomic E-state index is 12.6. The molecule has 26 heavy (non-hydrogen) atoms. The summed E-state index contributed by atoms with van der Waals surface area (Å²) in [5.74, 6) is 1.31. The number of methoxy groups -OCH3 is 1. The van der Waals surface area contributed by atoms with Gasteiger partial charge in [0.2, 0.25) is 5.91 Å². The molecule has 2 aromatic rings. The second kappa shape index (κ2) is 8.39. The highest BCUT2D eigenvalue weighted by Gasteiger charge is 2.18. The second-order valence-electron chi connectivity index (χ2n) is 7.44. The summed E-state index contributed by atoms with van der Waals surface area (Å²) in [4.78, 5) is 12.6.